The standard InChI is InChI=1S/C21H27NO2/c1-15-8-6-7-9-19(15)24-14-16(2)22-20(23)17-10-12-18(13-11-17)21(3,4)5/h6-13,16H,14H2,1-5H3,(H,22,23)/t16-/m0/s1. The molecule has 0 spiro atoms. The van der Waals surface area contributed by atoms with E-state index in [0.29, 0.717) is 12.2 Å². The molecule has 0 aliphatic rings. The molecule has 3 nitrogen and oxygen atoms in total. The number of hydrogen-bond acceptors (Lipinski definition) is 2. The minimum absolute atomic E-state index is 0.0700. The Balaban J connectivity index is 1.90. The van der Waals surface area contributed by atoms with Crippen LogP contribution in [0.5, 0.6) is 5.75 Å². The summed E-state index contributed by atoms with van der Waals surface area (Å²) >= 11 is 0. The predicted molar refractivity (Wildman–Crippen MR) is 98.7 cm³/mol. The van der Waals surface area contributed by atoms with Crippen molar-refractivity contribution in [2.75, 3.05) is 6.61 Å². The van der Waals surface area contributed by atoms with Crippen LogP contribution in [0.2, 0.25) is 0 Å². The lowest BCUT2D eigenvalue weighted by atomic mass is 9.86. The van der Waals surface area contributed by atoms with Gasteiger partial charge >= 0.3 is 0 Å². The third kappa shape index (κ3) is 4.85. The van der Waals surface area contributed by atoms with E-state index in [2.05, 4.69) is 26.1 Å². The topological polar surface area (TPSA) is 38.3 Å². The Hall–Kier alpha value is -2.29. The third-order valence-electron chi connectivity index (χ3n) is 3.97. The monoisotopic (exact) mass is 325 g/mol. The molecule has 24 heavy (non-hydrogen) atoms. The van der Waals surface area contributed by atoms with E-state index in [4.69, 9.17) is 4.74 Å². The van der Waals surface area contributed by atoms with Crippen LogP contribution in [0.15, 0.2) is 48.5 Å². The van der Waals surface area contributed by atoms with E-state index in [0.717, 1.165) is 11.3 Å². The van der Waals surface area contributed by atoms with Crippen molar-refractivity contribution < 1.29 is 9.53 Å². The number of rotatable bonds is 5. The second kappa shape index (κ2) is 7.52. The van der Waals surface area contributed by atoms with Gasteiger partial charge in [-0.2, -0.15) is 0 Å². The zero-order valence-electron chi connectivity index (χ0n) is 15.2. The summed E-state index contributed by atoms with van der Waals surface area (Å²) in [4.78, 5) is 12.3. The number of benzene rings is 2. The van der Waals surface area contributed by atoms with Crippen molar-refractivity contribution in [2.24, 2.45) is 0 Å². The third-order valence-corrected chi connectivity index (χ3v) is 3.97. The van der Waals surface area contributed by atoms with Crippen LogP contribution in [0.3, 0.4) is 0 Å². The molecule has 2 rings (SSSR count). The molecule has 2 aromatic carbocycles. The zero-order valence-corrected chi connectivity index (χ0v) is 15.2. The van der Waals surface area contributed by atoms with Gasteiger partial charge < -0.3 is 10.1 Å². The number of nitrogens with one attached hydrogen (secondary N) is 1. The van der Waals surface area contributed by atoms with E-state index >= 15 is 0 Å². The van der Waals surface area contributed by atoms with Crippen LogP contribution in [0.1, 0.15) is 49.2 Å². The second-order valence-corrected chi connectivity index (χ2v) is 7.28. The molecule has 3 heteroatoms. The van der Waals surface area contributed by atoms with Crippen LogP contribution in [0.4, 0.5) is 0 Å². The Kier molecular flexibility index (Phi) is 5.66. The van der Waals surface area contributed by atoms with E-state index < -0.39 is 0 Å². The van der Waals surface area contributed by atoms with Crippen molar-refractivity contribution in [3.63, 3.8) is 0 Å². The molecule has 0 heterocycles. The van der Waals surface area contributed by atoms with Crippen molar-refractivity contribution in [3.8, 4) is 5.75 Å². The molecule has 0 aliphatic carbocycles. The Morgan fingerprint density at radius 2 is 1.71 bits per heavy atom. The molecule has 2 aromatic rings. The highest BCUT2D eigenvalue weighted by Crippen LogP contribution is 2.22. The average Bonchev–Trinajstić information content (AvgIpc) is 2.53. The van der Waals surface area contributed by atoms with E-state index in [9.17, 15) is 4.79 Å². The summed E-state index contributed by atoms with van der Waals surface area (Å²) in [7, 11) is 0. The number of amides is 1. The van der Waals surface area contributed by atoms with Gasteiger partial charge in [0.25, 0.3) is 5.91 Å². The molecule has 0 radical (unpaired) electrons. The zero-order chi connectivity index (χ0) is 17.7. The minimum Gasteiger partial charge on any atom is -0.491 e. The fraction of sp³-hybridized carbons (Fsp3) is 0.381. The first-order valence-electron chi connectivity index (χ1n) is 8.37. The van der Waals surface area contributed by atoms with Gasteiger partial charge in [0.15, 0.2) is 0 Å². The van der Waals surface area contributed by atoms with Crippen LogP contribution in [-0.2, 0) is 5.41 Å². The van der Waals surface area contributed by atoms with Crippen molar-refractivity contribution in [1.82, 2.24) is 5.32 Å². The summed E-state index contributed by atoms with van der Waals surface area (Å²) < 4.78 is 5.78. The van der Waals surface area contributed by atoms with Crippen LogP contribution >= 0.6 is 0 Å². The number of carbonyl (C=O) groups is 1. The maximum absolute atomic E-state index is 12.3. The number of hydrogen-bond donors (Lipinski definition) is 1. The van der Waals surface area contributed by atoms with Gasteiger partial charge in [0.05, 0.1) is 6.04 Å². The highest BCUT2D eigenvalue weighted by Gasteiger charge is 2.15. The summed E-state index contributed by atoms with van der Waals surface area (Å²) in [6.07, 6.45) is 0. The summed E-state index contributed by atoms with van der Waals surface area (Å²) in [5.74, 6) is 0.782. The Morgan fingerprint density at radius 3 is 2.29 bits per heavy atom. The quantitative estimate of drug-likeness (QED) is 0.879. The van der Waals surface area contributed by atoms with Crippen LogP contribution < -0.4 is 10.1 Å². The fourth-order valence-corrected chi connectivity index (χ4v) is 2.40. The van der Waals surface area contributed by atoms with Crippen molar-refractivity contribution in [3.05, 3.63) is 65.2 Å². The van der Waals surface area contributed by atoms with Gasteiger partial charge in [0, 0.05) is 5.56 Å². The summed E-state index contributed by atoms with van der Waals surface area (Å²) in [5, 5.41) is 2.98. The summed E-state index contributed by atoms with van der Waals surface area (Å²) in [5.41, 5.74) is 3.07. The van der Waals surface area contributed by atoms with Crippen molar-refractivity contribution >= 4 is 5.91 Å². The number of ether oxygens (including phenoxy) is 1. The molecule has 0 bridgehead atoms. The Morgan fingerprint density at radius 1 is 1.08 bits per heavy atom. The SMILES string of the molecule is Cc1ccccc1OC[C@H](C)NC(=O)c1ccc(C(C)(C)C)cc1. The maximum atomic E-state index is 12.3. The average molecular weight is 325 g/mol. The highest BCUT2D eigenvalue weighted by molar-refractivity contribution is 5.94. The Bertz CT molecular complexity index is 684. The van der Waals surface area contributed by atoms with Gasteiger partial charge in [-0.25, -0.2) is 0 Å². The van der Waals surface area contributed by atoms with Crippen LogP contribution in [-0.4, -0.2) is 18.6 Å². The highest BCUT2D eigenvalue weighted by atomic mass is 16.5. The summed E-state index contributed by atoms with van der Waals surface area (Å²) in [6, 6.07) is 15.6. The van der Waals surface area contributed by atoms with Gasteiger partial charge in [-0.05, 0) is 48.6 Å². The molecule has 1 N–H and O–H groups in total. The lowest BCUT2D eigenvalue weighted by Gasteiger charge is -2.19. The minimum atomic E-state index is -0.0728. The number of aryl methyl sites for hydroxylation is 1. The fourth-order valence-electron chi connectivity index (χ4n) is 2.40. The van der Waals surface area contributed by atoms with Gasteiger partial charge in [-0.3, -0.25) is 4.79 Å². The Labute approximate surface area is 145 Å². The van der Waals surface area contributed by atoms with E-state index in [-0.39, 0.29) is 17.4 Å². The van der Waals surface area contributed by atoms with E-state index in [1.165, 1.54) is 5.56 Å². The molecule has 0 unspecified atom stereocenters. The smallest absolute Gasteiger partial charge is 0.251 e. The van der Waals surface area contributed by atoms with Gasteiger partial charge in [0.2, 0.25) is 0 Å². The molecule has 128 valence electrons. The number of carbonyl (C=O) groups excluding carboxylic acids is 1. The predicted octanol–water partition coefficient (Wildman–Crippen LogP) is 4.49. The molecule has 0 saturated carbocycles. The molecule has 1 atom stereocenters. The molecule has 1 amide bonds. The van der Waals surface area contributed by atoms with Crippen molar-refractivity contribution in [1.29, 1.82) is 0 Å². The van der Waals surface area contributed by atoms with Gasteiger partial charge in [-0.15, -0.1) is 0 Å². The maximum Gasteiger partial charge on any atom is 0.251 e. The second-order valence-electron chi connectivity index (χ2n) is 7.28. The first-order valence-corrected chi connectivity index (χ1v) is 8.37. The van der Waals surface area contributed by atoms with Gasteiger partial charge in [-0.1, -0.05) is 51.1 Å². The molecule has 0 aliphatic heterocycles. The molecule has 0 saturated heterocycles. The number of para-hydroxylation sites is 1. The molecule has 0 aromatic heterocycles. The van der Waals surface area contributed by atoms with Gasteiger partial charge in [0.1, 0.15) is 12.4 Å². The van der Waals surface area contributed by atoms with Crippen LogP contribution in [0.25, 0.3) is 0 Å². The van der Waals surface area contributed by atoms with Crippen molar-refractivity contribution in [2.45, 2.75) is 46.1 Å². The molecular weight excluding hydrogens is 298 g/mol. The first kappa shape index (κ1) is 18.1. The normalized spacial score (nSPS) is 12.5. The van der Waals surface area contributed by atoms with Crippen LogP contribution in [0, 0.1) is 6.92 Å². The summed E-state index contributed by atoms with van der Waals surface area (Å²) in [6.45, 7) is 10.9. The van der Waals surface area contributed by atoms with E-state index in [1.54, 1.807) is 0 Å². The first-order chi connectivity index (χ1) is 11.3. The van der Waals surface area contributed by atoms with E-state index in [1.807, 2.05) is 62.4 Å². The largest absolute Gasteiger partial charge is 0.491 e. The lowest BCUT2D eigenvalue weighted by molar-refractivity contribution is 0.0926. The molecular formula is C21H27NO2. The lowest BCUT2D eigenvalue weighted by Crippen LogP contribution is -2.36. The molecule has 0 fully saturated rings.